The fourth-order valence-corrected chi connectivity index (χ4v) is 4.74. The Morgan fingerprint density at radius 1 is 1.22 bits per heavy atom. The number of aromatic nitrogens is 3. The number of nitrogens with zero attached hydrogens (tertiary/aromatic N) is 4. The third kappa shape index (κ3) is 5.69. The van der Waals surface area contributed by atoms with Crippen molar-refractivity contribution >= 4 is 17.4 Å². The maximum atomic E-state index is 13.1. The first-order chi connectivity index (χ1) is 15.2. The second-order valence-electron chi connectivity index (χ2n) is 9.77. The first-order valence-electron chi connectivity index (χ1n) is 11.1. The van der Waals surface area contributed by atoms with Crippen molar-refractivity contribution in [1.82, 2.24) is 25.2 Å². The summed E-state index contributed by atoms with van der Waals surface area (Å²) in [6.45, 7) is 10.3. The van der Waals surface area contributed by atoms with Gasteiger partial charge in [-0.25, -0.2) is 4.98 Å². The van der Waals surface area contributed by atoms with E-state index in [0.29, 0.717) is 31.9 Å². The van der Waals surface area contributed by atoms with Gasteiger partial charge in [-0.1, -0.05) is 11.6 Å². The summed E-state index contributed by atoms with van der Waals surface area (Å²) in [6.07, 6.45) is 9.97. The highest BCUT2D eigenvalue weighted by atomic mass is 16.5. The zero-order valence-corrected chi connectivity index (χ0v) is 19.3. The standard InChI is InChI=1S/C24H32N6O2/c1-23(2)12-17(13-24(3,4)29-23)11-22(31)30-9-10-32-20(16-30)19-6-5-18(14-27-19)28-21-15-25-7-8-26-21/h5-8,12,14-15,20,29H,9-11,13,16H2,1-4H3,(H,26,28)/t20-/m1/s1. The molecule has 0 unspecified atom stereocenters. The zero-order valence-electron chi connectivity index (χ0n) is 19.3. The molecular formula is C24H32N6O2. The number of nitrogens with one attached hydrogen (secondary N) is 2. The Balaban J connectivity index is 1.38. The normalized spacial score (nSPS) is 22.2. The van der Waals surface area contributed by atoms with Crippen LogP contribution >= 0.6 is 0 Å². The highest BCUT2D eigenvalue weighted by Crippen LogP contribution is 2.30. The summed E-state index contributed by atoms with van der Waals surface area (Å²) in [7, 11) is 0. The number of amides is 1. The highest BCUT2D eigenvalue weighted by Gasteiger charge is 2.34. The van der Waals surface area contributed by atoms with Crippen LogP contribution in [0.15, 0.2) is 48.6 Å². The highest BCUT2D eigenvalue weighted by molar-refractivity contribution is 5.79. The average molecular weight is 437 g/mol. The van der Waals surface area contributed by atoms with Gasteiger partial charge in [0.25, 0.3) is 0 Å². The smallest absolute Gasteiger partial charge is 0.226 e. The molecular weight excluding hydrogens is 404 g/mol. The summed E-state index contributed by atoms with van der Waals surface area (Å²) in [5, 5.41) is 6.79. The molecule has 0 saturated carbocycles. The largest absolute Gasteiger partial charge is 0.368 e. The molecule has 1 atom stereocenters. The molecule has 0 bridgehead atoms. The van der Waals surface area contributed by atoms with E-state index in [1.807, 2.05) is 17.0 Å². The number of pyridine rings is 1. The van der Waals surface area contributed by atoms with Crippen LogP contribution in [-0.4, -0.2) is 56.5 Å². The van der Waals surface area contributed by atoms with E-state index in [0.717, 1.165) is 17.8 Å². The van der Waals surface area contributed by atoms with E-state index in [4.69, 9.17) is 4.74 Å². The lowest BCUT2D eigenvalue weighted by molar-refractivity contribution is -0.138. The first-order valence-corrected chi connectivity index (χ1v) is 11.1. The van der Waals surface area contributed by atoms with Crippen LogP contribution in [0.1, 0.15) is 52.3 Å². The fourth-order valence-electron chi connectivity index (χ4n) is 4.74. The van der Waals surface area contributed by atoms with Crippen molar-refractivity contribution in [2.75, 3.05) is 25.0 Å². The predicted octanol–water partition coefficient (Wildman–Crippen LogP) is 3.38. The molecule has 2 aliphatic heterocycles. The van der Waals surface area contributed by atoms with Crippen LogP contribution in [0.5, 0.6) is 0 Å². The van der Waals surface area contributed by atoms with E-state index in [-0.39, 0.29) is 23.1 Å². The molecule has 0 aromatic carbocycles. The number of carbonyl (C=O) groups is 1. The van der Waals surface area contributed by atoms with E-state index in [1.165, 1.54) is 5.57 Å². The summed E-state index contributed by atoms with van der Waals surface area (Å²) < 4.78 is 5.93. The molecule has 0 aliphatic carbocycles. The maximum absolute atomic E-state index is 13.1. The number of anilines is 2. The first kappa shape index (κ1) is 22.4. The Kier molecular flexibility index (Phi) is 6.26. The molecule has 2 aromatic heterocycles. The maximum Gasteiger partial charge on any atom is 0.226 e. The molecule has 2 N–H and O–H groups in total. The molecule has 170 valence electrons. The third-order valence-electron chi connectivity index (χ3n) is 5.64. The quantitative estimate of drug-likeness (QED) is 0.694. The van der Waals surface area contributed by atoms with E-state index < -0.39 is 0 Å². The van der Waals surface area contributed by atoms with Gasteiger partial charge in [-0.15, -0.1) is 0 Å². The fraction of sp³-hybridized carbons (Fsp3) is 0.500. The second kappa shape index (κ2) is 8.96. The van der Waals surface area contributed by atoms with Crippen molar-refractivity contribution in [1.29, 1.82) is 0 Å². The van der Waals surface area contributed by atoms with Gasteiger partial charge in [0.2, 0.25) is 5.91 Å². The topological polar surface area (TPSA) is 92.3 Å². The number of hydrogen-bond acceptors (Lipinski definition) is 7. The molecule has 1 saturated heterocycles. The van der Waals surface area contributed by atoms with E-state index in [1.54, 1.807) is 24.8 Å². The molecule has 0 radical (unpaired) electrons. The van der Waals surface area contributed by atoms with Gasteiger partial charge in [0, 0.05) is 36.4 Å². The van der Waals surface area contributed by atoms with Crippen molar-refractivity contribution in [2.24, 2.45) is 0 Å². The minimum absolute atomic E-state index is 0.0214. The van der Waals surface area contributed by atoms with Crippen LogP contribution in [0.2, 0.25) is 0 Å². The molecule has 4 rings (SSSR count). The van der Waals surface area contributed by atoms with Gasteiger partial charge in [-0.3, -0.25) is 14.8 Å². The Morgan fingerprint density at radius 3 is 2.75 bits per heavy atom. The van der Waals surface area contributed by atoms with E-state index >= 15 is 0 Å². The predicted molar refractivity (Wildman–Crippen MR) is 123 cm³/mol. The van der Waals surface area contributed by atoms with Crippen LogP contribution in [-0.2, 0) is 9.53 Å². The molecule has 0 spiro atoms. The van der Waals surface area contributed by atoms with Crippen LogP contribution < -0.4 is 10.6 Å². The summed E-state index contributed by atoms with van der Waals surface area (Å²) in [6, 6.07) is 3.86. The molecule has 8 heteroatoms. The van der Waals surface area contributed by atoms with Crippen molar-refractivity contribution in [3.8, 4) is 0 Å². The van der Waals surface area contributed by atoms with E-state index in [9.17, 15) is 4.79 Å². The Bertz CT molecular complexity index is 972. The van der Waals surface area contributed by atoms with E-state index in [2.05, 4.69) is 59.4 Å². The van der Waals surface area contributed by atoms with Crippen LogP contribution in [0.3, 0.4) is 0 Å². The molecule has 4 heterocycles. The molecule has 1 amide bonds. The number of ether oxygens (including phenoxy) is 1. The molecule has 8 nitrogen and oxygen atoms in total. The van der Waals surface area contributed by atoms with Gasteiger partial charge in [0.15, 0.2) is 0 Å². The van der Waals surface area contributed by atoms with Gasteiger partial charge >= 0.3 is 0 Å². The van der Waals surface area contributed by atoms with Gasteiger partial charge in [0.1, 0.15) is 11.9 Å². The summed E-state index contributed by atoms with van der Waals surface area (Å²) >= 11 is 0. The lowest BCUT2D eigenvalue weighted by Crippen LogP contribution is -2.54. The van der Waals surface area contributed by atoms with Gasteiger partial charge in [0.05, 0.1) is 36.9 Å². The Morgan fingerprint density at radius 2 is 2.06 bits per heavy atom. The number of morpholine rings is 1. The molecule has 1 fully saturated rings. The lowest BCUT2D eigenvalue weighted by Gasteiger charge is -2.41. The minimum Gasteiger partial charge on any atom is -0.368 e. The van der Waals surface area contributed by atoms with Gasteiger partial charge < -0.3 is 20.3 Å². The minimum atomic E-state index is -0.229. The summed E-state index contributed by atoms with van der Waals surface area (Å²) in [4.78, 5) is 27.8. The van der Waals surface area contributed by atoms with Crippen molar-refractivity contribution < 1.29 is 9.53 Å². The summed E-state index contributed by atoms with van der Waals surface area (Å²) in [5.74, 6) is 0.810. The van der Waals surface area contributed by atoms with Crippen molar-refractivity contribution in [3.63, 3.8) is 0 Å². The van der Waals surface area contributed by atoms with Gasteiger partial charge in [-0.05, 0) is 46.2 Å². The van der Waals surface area contributed by atoms with Crippen LogP contribution in [0.25, 0.3) is 0 Å². The Labute approximate surface area is 189 Å². The molecule has 2 aliphatic rings. The van der Waals surface area contributed by atoms with Gasteiger partial charge in [-0.2, -0.15) is 0 Å². The van der Waals surface area contributed by atoms with Crippen molar-refractivity contribution in [3.05, 3.63) is 54.3 Å². The zero-order chi connectivity index (χ0) is 22.8. The lowest BCUT2D eigenvalue weighted by atomic mass is 9.82. The van der Waals surface area contributed by atoms with Crippen molar-refractivity contribution in [2.45, 2.75) is 57.7 Å². The number of hydrogen-bond donors (Lipinski definition) is 2. The number of rotatable bonds is 5. The average Bonchev–Trinajstić information content (AvgIpc) is 2.73. The van der Waals surface area contributed by atoms with Crippen LogP contribution in [0, 0.1) is 0 Å². The molecule has 32 heavy (non-hydrogen) atoms. The molecule has 2 aromatic rings. The monoisotopic (exact) mass is 436 g/mol. The Hall–Kier alpha value is -2.84. The second-order valence-corrected chi connectivity index (χ2v) is 9.77. The van der Waals surface area contributed by atoms with Crippen LogP contribution in [0.4, 0.5) is 11.5 Å². The number of carbonyl (C=O) groups excluding carboxylic acids is 1. The third-order valence-corrected chi connectivity index (χ3v) is 5.64. The summed E-state index contributed by atoms with van der Waals surface area (Å²) in [5.41, 5.74) is 2.70. The SMILES string of the molecule is CC1(C)C=C(CC(=O)N2CCO[C@@H](c3ccc(Nc4cnccn4)cn3)C2)CC(C)(C)N1.